The van der Waals surface area contributed by atoms with Gasteiger partial charge in [0.2, 0.25) is 0 Å². The second kappa shape index (κ2) is 5.67. The molecule has 0 radical (unpaired) electrons. The highest BCUT2D eigenvalue weighted by Crippen LogP contribution is 2.46. The fourth-order valence-electron chi connectivity index (χ4n) is 4.91. The van der Waals surface area contributed by atoms with Gasteiger partial charge in [-0.2, -0.15) is 0 Å². The summed E-state index contributed by atoms with van der Waals surface area (Å²) in [5.74, 6) is -0.538. The van der Waals surface area contributed by atoms with Crippen molar-refractivity contribution in [2.75, 3.05) is 19.6 Å². The summed E-state index contributed by atoms with van der Waals surface area (Å²) in [7, 11) is 0. The lowest BCUT2D eigenvalue weighted by Crippen LogP contribution is -2.60. The molecule has 0 bridgehead atoms. The van der Waals surface area contributed by atoms with E-state index in [0.717, 1.165) is 32.2 Å². The molecule has 1 saturated heterocycles. The van der Waals surface area contributed by atoms with Crippen LogP contribution in [0.5, 0.6) is 0 Å². The fraction of sp³-hybridized carbons (Fsp3) is 0.941. The zero-order valence-corrected chi connectivity index (χ0v) is 12.7. The van der Waals surface area contributed by atoms with Crippen LogP contribution >= 0.6 is 0 Å². The minimum absolute atomic E-state index is 0.438. The molecule has 0 aromatic heterocycles. The van der Waals surface area contributed by atoms with E-state index in [2.05, 4.69) is 4.90 Å². The van der Waals surface area contributed by atoms with Crippen LogP contribution in [0.25, 0.3) is 0 Å². The number of rotatable bonds is 3. The molecule has 0 aromatic carbocycles. The van der Waals surface area contributed by atoms with Crippen molar-refractivity contribution in [2.24, 2.45) is 10.8 Å². The third-order valence-electron chi connectivity index (χ3n) is 6.07. The summed E-state index contributed by atoms with van der Waals surface area (Å²) < 4.78 is 0. The van der Waals surface area contributed by atoms with Crippen molar-refractivity contribution in [3.8, 4) is 0 Å². The molecular weight excluding hydrogens is 250 g/mol. The Labute approximate surface area is 122 Å². The van der Waals surface area contributed by atoms with Gasteiger partial charge < -0.3 is 10.0 Å². The molecule has 3 nitrogen and oxygen atoms in total. The zero-order valence-electron chi connectivity index (χ0n) is 12.7. The molecular formula is C17H29NO2. The van der Waals surface area contributed by atoms with Gasteiger partial charge in [0.05, 0.1) is 5.41 Å². The van der Waals surface area contributed by atoms with Crippen LogP contribution < -0.4 is 0 Å². The number of hydrogen-bond donors (Lipinski definition) is 1. The number of hydrogen-bond acceptors (Lipinski definition) is 2. The molecule has 2 saturated carbocycles. The molecule has 0 atom stereocenters. The molecule has 3 heteroatoms. The van der Waals surface area contributed by atoms with Gasteiger partial charge in [0.15, 0.2) is 0 Å². The Balaban J connectivity index is 1.59. The Morgan fingerprint density at radius 3 is 1.90 bits per heavy atom. The lowest BCUT2D eigenvalue weighted by Gasteiger charge is -2.54. The highest BCUT2D eigenvalue weighted by atomic mass is 16.4. The van der Waals surface area contributed by atoms with E-state index >= 15 is 0 Å². The molecule has 1 heterocycles. The number of carboxylic acid groups (broad SMARTS) is 1. The van der Waals surface area contributed by atoms with Gasteiger partial charge in [0.1, 0.15) is 0 Å². The first kappa shape index (κ1) is 14.4. The van der Waals surface area contributed by atoms with Gasteiger partial charge in [-0.05, 0) is 31.1 Å². The number of carbonyl (C=O) groups is 1. The average molecular weight is 279 g/mol. The number of carboxylic acids is 1. The molecule has 114 valence electrons. The van der Waals surface area contributed by atoms with Crippen LogP contribution in [0, 0.1) is 10.8 Å². The predicted octanol–water partition coefficient (Wildman–Crippen LogP) is 3.68. The Bertz CT molecular complexity index is 344. The minimum atomic E-state index is -0.538. The highest BCUT2D eigenvalue weighted by Gasteiger charge is 2.48. The number of aliphatic carboxylic acids is 1. The van der Waals surface area contributed by atoms with Crippen molar-refractivity contribution in [1.82, 2.24) is 4.90 Å². The van der Waals surface area contributed by atoms with Gasteiger partial charge in [0, 0.05) is 19.6 Å². The van der Waals surface area contributed by atoms with Crippen molar-refractivity contribution in [1.29, 1.82) is 0 Å². The molecule has 3 fully saturated rings. The molecule has 3 rings (SSSR count). The molecule has 3 aliphatic rings. The van der Waals surface area contributed by atoms with Crippen molar-refractivity contribution >= 4 is 5.97 Å². The van der Waals surface area contributed by atoms with E-state index in [1.165, 1.54) is 58.0 Å². The van der Waals surface area contributed by atoms with Crippen molar-refractivity contribution in [3.05, 3.63) is 0 Å². The Kier molecular flexibility index (Phi) is 4.07. The van der Waals surface area contributed by atoms with E-state index in [4.69, 9.17) is 0 Å². The molecule has 20 heavy (non-hydrogen) atoms. The fourth-order valence-corrected chi connectivity index (χ4v) is 4.91. The summed E-state index contributed by atoms with van der Waals surface area (Å²) in [5, 5.41) is 9.76. The Morgan fingerprint density at radius 2 is 1.35 bits per heavy atom. The monoisotopic (exact) mass is 279 g/mol. The SMILES string of the molecule is O=C(O)C1(CN2CC3(CCCCC3)C2)CCCCCC1. The van der Waals surface area contributed by atoms with Crippen LogP contribution in [0.3, 0.4) is 0 Å². The Hall–Kier alpha value is -0.570. The summed E-state index contributed by atoms with van der Waals surface area (Å²) in [4.78, 5) is 14.3. The highest BCUT2D eigenvalue weighted by molar-refractivity contribution is 5.75. The Morgan fingerprint density at radius 1 is 0.850 bits per heavy atom. The van der Waals surface area contributed by atoms with Crippen molar-refractivity contribution < 1.29 is 9.90 Å². The average Bonchev–Trinajstić information content (AvgIpc) is 2.65. The van der Waals surface area contributed by atoms with Gasteiger partial charge >= 0.3 is 5.97 Å². The van der Waals surface area contributed by atoms with Crippen LogP contribution in [-0.4, -0.2) is 35.6 Å². The van der Waals surface area contributed by atoms with E-state index in [9.17, 15) is 9.90 Å². The van der Waals surface area contributed by atoms with Gasteiger partial charge in [0.25, 0.3) is 0 Å². The van der Waals surface area contributed by atoms with E-state index in [-0.39, 0.29) is 0 Å². The maximum Gasteiger partial charge on any atom is 0.310 e. The number of likely N-dealkylation sites (tertiary alicyclic amines) is 1. The lowest BCUT2D eigenvalue weighted by atomic mass is 9.67. The van der Waals surface area contributed by atoms with Crippen molar-refractivity contribution in [2.45, 2.75) is 70.6 Å². The molecule has 2 aliphatic carbocycles. The normalized spacial score (nSPS) is 29.6. The predicted molar refractivity (Wildman–Crippen MR) is 79.7 cm³/mol. The van der Waals surface area contributed by atoms with Crippen LogP contribution in [0.1, 0.15) is 70.6 Å². The van der Waals surface area contributed by atoms with Gasteiger partial charge in [-0.25, -0.2) is 0 Å². The van der Waals surface area contributed by atoms with Gasteiger partial charge in [-0.1, -0.05) is 44.9 Å². The lowest BCUT2D eigenvalue weighted by molar-refractivity contribution is -0.154. The second-order valence-electron chi connectivity index (χ2n) is 7.71. The largest absolute Gasteiger partial charge is 0.481 e. The zero-order chi connectivity index (χ0) is 14.1. The first-order chi connectivity index (χ1) is 9.64. The minimum Gasteiger partial charge on any atom is -0.481 e. The summed E-state index contributed by atoms with van der Waals surface area (Å²) in [6, 6.07) is 0. The molecule has 0 amide bonds. The van der Waals surface area contributed by atoms with Crippen LogP contribution in [-0.2, 0) is 4.79 Å². The molecule has 1 spiro atoms. The maximum absolute atomic E-state index is 11.8. The molecule has 0 aromatic rings. The maximum atomic E-state index is 11.8. The quantitative estimate of drug-likeness (QED) is 0.801. The summed E-state index contributed by atoms with van der Waals surface area (Å²) in [6.45, 7) is 3.15. The number of nitrogens with zero attached hydrogens (tertiary/aromatic N) is 1. The van der Waals surface area contributed by atoms with Gasteiger partial charge in [-0.3, -0.25) is 4.79 Å². The van der Waals surface area contributed by atoms with Crippen molar-refractivity contribution in [3.63, 3.8) is 0 Å². The smallest absolute Gasteiger partial charge is 0.310 e. The third-order valence-corrected chi connectivity index (χ3v) is 6.07. The third kappa shape index (κ3) is 2.74. The summed E-state index contributed by atoms with van der Waals surface area (Å²) >= 11 is 0. The standard InChI is InChI=1S/C17H29NO2/c19-15(20)17(10-6-1-2-7-11-17)14-18-12-16(13-18)8-4-3-5-9-16/h1-14H2,(H,19,20). The summed E-state index contributed by atoms with van der Waals surface area (Å²) in [6.07, 6.45) is 13.4. The summed E-state index contributed by atoms with van der Waals surface area (Å²) in [5.41, 5.74) is 0.134. The first-order valence-electron chi connectivity index (χ1n) is 8.60. The van der Waals surface area contributed by atoms with Crippen LogP contribution in [0.15, 0.2) is 0 Å². The van der Waals surface area contributed by atoms with Gasteiger partial charge in [-0.15, -0.1) is 0 Å². The topological polar surface area (TPSA) is 40.5 Å². The van der Waals surface area contributed by atoms with E-state index in [1.807, 2.05) is 0 Å². The second-order valence-corrected chi connectivity index (χ2v) is 7.71. The van der Waals surface area contributed by atoms with E-state index < -0.39 is 11.4 Å². The first-order valence-corrected chi connectivity index (χ1v) is 8.60. The molecule has 1 aliphatic heterocycles. The molecule has 1 N–H and O–H groups in total. The van der Waals surface area contributed by atoms with E-state index in [1.54, 1.807) is 0 Å². The van der Waals surface area contributed by atoms with Crippen LogP contribution in [0.2, 0.25) is 0 Å². The molecule has 0 unspecified atom stereocenters. The van der Waals surface area contributed by atoms with E-state index in [0.29, 0.717) is 5.41 Å². The van der Waals surface area contributed by atoms with Crippen LogP contribution in [0.4, 0.5) is 0 Å².